The molecule has 0 aliphatic carbocycles. The third kappa shape index (κ3) is 1.69. The van der Waals surface area contributed by atoms with Gasteiger partial charge in [-0.05, 0) is 19.1 Å². The van der Waals surface area contributed by atoms with Crippen molar-refractivity contribution in [3.8, 4) is 0 Å². The van der Waals surface area contributed by atoms with Crippen LogP contribution in [0, 0.1) is 6.92 Å². The number of aryl methyl sites for hydroxylation is 1. The molecule has 0 saturated carbocycles. The summed E-state index contributed by atoms with van der Waals surface area (Å²) >= 11 is 2.44. The number of rotatable bonds is 1. The maximum absolute atomic E-state index is 6.23. The normalized spacial score (nSPS) is 25.5. The number of nitrogens with two attached hydrogens (primary N) is 1. The second-order valence-electron chi connectivity index (χ2n) is 4.81. The van der Waals surface area contributed by atoms with Crippen molar-refractivity contribution in [3.05, 3.63) is 48.2 Å². The number of hydrogen-bond donors (Lipinski definition) is 1. The van der Waals surface area contributed by atoms with Crippen LogP contribution in [0.4, 0.5) is 17.2 Å². The molecule has 1 aliphatic rings. The molecule has 2 N–H and O–H groups in total. The highest BCUT2D eigenvalue weighted by molar-refractivity contribution is 14.1. The van der Waals surface area contributed by atoms with E-state index < -0.39 is 0 Å². The van der Waals surface area contributed by atoms with Crippen LogP contribution in [-0.4, -0.2) is 11.1 Å². The van der Waals surface area contributed by atoms with E-state index in [9.17, 15) is 0 Å². The van der Waals surface area contributed by atoms with E-state index in [-0.39, 0.29) is 6.17 Å². The fourth-order valence-electron chi connectivity index (χ4n) is 2.63. The van der Waals surface area contributed by atoms with Crippen LogP contribution in [0.2, 0.25) is 0 Å². The van der Waals surface area contributed by atoms with E-state index in [2.05, 4.69) is 66.0 Å². The molecule has 3 rings (SSSR count). The monoisotopic (exact) mass is 367 g/mol. The number of benzene rings is 1. The summed E-state index contributed by atoms with van der Waals surface area (Å²) in [6.45, 7) is 4.25. The summed E-state index contributed by atoms with van der Waals surface area (Å²) in [4.78, 5) is 4.57. The number of para-hydroxylation sites is 1. The van der Waals surface area contributed by atoms with Crippen molar-refractivity contribution in [2.24, 2.45) is 5.84 Å². The quantitative estimate of drug-likeness (QED) is 0.477. The Labute approximate surface area is 126 Å². The maximum atomic E-state index is 6.23. The number of fused-ring (bicyclic) bond motifs is 1. The SMILES string of the molecule is Cc1ccccc1[N+]1(I)c2ncccc2N(N)[C@@H]1C. The fourth-order valence-corrected chi connectivity index (χ4v) is 3.82. The van der Waals surface area contributed by atoms with E-state index >= 15 is 0 Å². The van der Waals surface area contributed by atoms with Crippen molar-refractivity contribution in [2.45, 2.75) is 20.0 Å². The lowest BCUT2D eigenvalue weighted by Crippen LogP contribution is -2.50. The van der Waals surface area contributed by atoms with Gasteiger partial charge < -0.3 is 0 Å². The molecule has 0 radical (unpaired) electrons. The number of quaternary nitrogens is 1. The van der Waals surface area contributed by atoms with Gasteiger partial charge in [-0.15, -0.1) is 0 Å². The zero-order valence-electron chi connectivity index (χ0n) is 10.9. The first-order valence-electron chi connectivity index (χ1n) is 6.21. The molecular weight excluding hydrogens is 351 g/mol. The van der Waals surface area contributed by atoms with Crippen LogP contribution in [0.5, 0.6) is 0 Å². The molecule has 1 unspecified atom stereocenters. The molecule has 1 aliphatic heterocycles. The molecule has 98 valence electrons. The van der Waals surface area contributed by atoms with E-state index in [0.717, 1.165) is 11.5 Å². The van der Waals surface area contributed by atoms with Crippen molar-refractivity contribution in [3.63, 3.8) is 0 Å². The summed E-state index contributed by atoms with van der Waals surface area (Å²) in [5.41, 5.74) is 3.46. The minimum atomic E-state index is 0.103. The lowest BCUT2D eigenvalue weighted by Gasteiger charge is -2.31. The van der Waals surface area contributed by atoms with Crippen LogP contribution >= 0.6 is 22.9 Å². The van der Waals surface area contributed by atoms with Gasteiger partial charge in [-0.25, -0.2) is 15.8 Å². The summed E-state index contributed by atoms with van der Waals surface area (Å²) in [6.07, 6.45) is 1.93. The van der Waals surface area contributed by atoms with E-state index in [1.54, 1.807) is 5.01 Å². The summed E-state index contributed by atoms with van der Waals surface area (Å²) in [7, 11) is 0. The van der Waals surface area contributed by atoms with Gasteiger partial charge in [-0.3, -0.25) is 0 Å². The average molecular weight is 367 g/mol. The van der Waals surface area contributed by atoms with E-state index in [4.69, 9.17) is 5.84 Å². The van der Waals surface area contributed by atoms with E-state index in [0.29, 0.717) is 2.70 Å². The fraction of sp³-hybridized carbons (Fsp3) is 0.214. The summed E-state index contributed by atoms with van der Waals surface area (Å²) in [6, 6.07) is 12.3. The van der Waals surface area contributed by atoms with Crippen molar-refractivity contribution in [1.29, 1.82) is 0 Å². The standard InChI is InChI=1S/C14H16IN4/c1-10-6-3-4-8-13(10)19(15)11(2)18(16)12-7-5-9-17-14(12)19/h3-9,11H,16H2,1-2H3/q+1/t11-,19?/m0/s1. The molecule has 0 bridgehead atoms. The van der Waals surface area contributed by atoms with Crippen LogP contribution in [0.25, 0.3) is 0 Å². The highest BCUT2D eigenvalue weighted by Crippen LogP contribution is 2.51. The number of halogens is 1. The molecule has 0 fully saturated rings. The Hall–Kier alpha value is -1.18. The van der Waals surface area contributed by atoms with Gasteiger partial charge in [0.15, 0.2) is 11.9 Å². The highest BCUT2D eigenvalue weighted by Gasteiger charge is 2.51. The molecule has 1 aromatic heterocycles. The number of pyridine rings is 1. The Bertz CT molecular complexity index is 630. The number of aromatic nitrogens is 1. The molecule has 0 spiro atoms. The van der Waals surface area contributed by atoms with Gasteiger partial charge in [0.25, 0.3) is 28.7 Å². The molecule has 2 aromatic rings. The van der Waals surface area contributed by atoms with Gasteiger partial charge in [0.1, 0.15) is 5.69 Å². The van der Waals surface area contributed by atoms with Crippen LogP contribution in [-0.2, 0) is 0 Å². The first kappa shape index (κ1) is 12.8. The number of hydrazine groups is 1. The van der Waals surface area contributed by atoms with Crippen LogP contribution < -0.4 is 13.5 Å². The highest BCUT2D eigenvalue weighted by atomic mass is 127. The van der Waals surface area contributed by atoms with Gasteiger partial charge in [0.05, 0.1) is 0 Å². The summed E-state index contributed by atoms with van der Waals surface area (Å²) in [5, 5.41) is 1.81. The molecule has 1 aromatic carbocycles. The predicted molar refractivity (Wildman–Crippen MR) is 87.0 cm³/mol. The molecule has 2 atom stereocenters. The molecule has 4 nitrogen and oxygen atoms in total. The second kappa shape index (κ2) is 4.43. The Morgan fingerprint density at radius 2 is 2.00 bits per heavy atom. The molecule has 2 heterocycles. The zero-order valence-corrected chi connectivity index (χ0v) is 13.1. The largest absolute Gasteiger partial charge is 0.267 e. The van der Waals surface area contributed by atoms with E-state index in [1.165, 1.54) is 11.3 Å². The molecule has 0 amide bonds. The second-order valence-corrected chi connectivity index (χ2v) is 6.33. The van der Waals surface area contributed by atoms with Crippen molar-refractivity contribution in [1.82, 2.24) is 7.68 Å². The van der Waals surface area contributed by atoms with Crippen molar-refractivity contribution in [2.75, 3.05) is 5.01 Å². The molecule has 19 heavy (non-hydrogen) atoms. The lowest BCUT2D eigenvalue weighted by molar-refractivity contribution is 0.509. The zero-order chi connectivity index (χ0) is 13.6. The van der Waals surface area contributed by atoms with Crippen LogP contribution in [0.1, 0.15) is 12.5 Å². The Morgan fingerprint density at radius 3 is 2.74 bits per heavy atom. The lowest BCUT2D eigenvalue weighted by atomic mass is 10.2. The first-order valence-corrected chi connectivity index (χ1v) is 7.17. The Balaban J connectivity index is 2.27. The van der Waals surface area contributed by atoms with Crippen molar-refractivity contribution < 1.29 is 0 Å². The summed E-state index contributed by atoms with van der Waals surface area (Å²) in [5.74, 6) is 7.22. The van der Waals surface area contributed by atoms with Crippen LogP contribution in [0.3, 0.4) is 0 Å². The smallest absolute Gasteiger partial charge is 0.250 e. The molecule has 5 heteroatoms. The number of anilines is 1. The third-order valence-electron chi connectivity index (χ3n) is 3.74. The first-order chi connectivity index (χ1) is 9.06. The minimum absolute atomic E-state index is 0.103. The molecule has 0 saturated heterocycles. The Morgan fingerprint density at radius 1 is 1.26 bits per heavy atom. The van der Waals surface area contributed by atoms with Gasteiger partial charge in [-0.2, -0.15) is 2.70 Å². The average Bonchev–Trinajstić information content (AvgIpc) is 2.63. The summed E-state index contributed by atoms with van der Waals surface area (Å²) < 4.78 is 0.580. The predicted octanol–water partition coefficient (Wildman–Crippen LogP) is 3.42. The van der Waals surface area contributed by atoms with Gasteiger partial charge in [0.2, 0.25) is 0 Å². The van der Waals surface area contributed by atoms with Crippen molar-refractivity contribution >= 4 is 40.1 Å². The number of nitrogens with zero attached hydrogens (tertiary/aromatic N) is 3. The van der Waals surface area contributed by atoms with Gasteiger partial charge in [-0.1, -0.05) is 18.2 Å². The van der Waals surface area contributed by atoms with Crippen LogP contribution in [0.15, 0.2) is 42.6 Å². The Kier molecular flexibility index (Phi) is 2.99. The topological polar surface area (TPSA) is 42.2 Å². The van der Waals surface area contributed by atoms with Gasteiger partial charge >= 0.3 is 0 Å². The van der Waals surface area contributed by atoms with E-state index in [1.807, 2.05) is 18.3 Å². The minimum Gasteiger partial charge on any atom is -0.250 e. The third-order valence-corrected chi connectivity index (χ3v) is 5.52. The molecular formula is C14H16IN4+. The maximum Gasteiger partial charge on any atom is 0.267 e. The van der Waals surface area contributed by atoms with Gasteiger partial charge in [0, 0.05) is 24.8 Å². The number of hydrogen-bond acceptors (Lipinski definition) is 3.